The Kier molecular flexibility index (Phi) is 6.19. The third kappa shape index (κ3) is 4.70. The maximum atomic E-state index is 12.8. The molecule has 1 aliphatic rings. The smallest absolute Gasteiger partial charge is 0.326 e. The van der Waals surface area contributed by atoms with Crippen molar-refractivity contribution in [1.29, 1.82) is 0 Å². The fraction of sp³-hybridized carbons (Fsp3) is 0.438. The average Bonchev–Trinajstić information content (AvgIpc) is 3.04. The van der Waals surface area contributed by atoms with Gasteiger partial charge in [-0.3, -0.25) is 9.59 Å². The van der Waals surface area contributed by atoms with Crippen LogP contribution in [0.4, 0.5) is 10.1 Å². The molecule has 1 aromatic rings. The highest BCUT2D eigenvalue weighted by Crippen LogP contribution is 2.22. The summed E-state index contributed by atoms with van der Waals surface area (Å²) in [6.07, 6.45) is 1.13. The van der Waals surface area contributed by atoms with Gasteiger partial charge >= 0.3 is 5.97 Å². The number of amides is 2. The summed E-state index contributed by atoms with van der Waals surface area (Å²) in [5.74, 6) is -1.90. The van der Waals surface area contributed by atoms with Gasteiger partial charge in [0.15, 0.2) is 0 Å². The van der Waals surface area contributed by atoms with Crippen LogP contribution in [0, 0.1) is 5.82 Å². The molecule has 2 amide bonds. The van der Waals surface area contributed by atoms with Crippen molar-refractivity contribution in [3.8, 4) is 0 Å². The van der Waals surface area contributed by atoms with Crippen molar-refractivity contribution in [2.24, 2.45) is 0 Å². The lowest BCUT2D eigenvalue weighted by Crippen LogP contribution is -2.44. The Morgan fingerprint density at radius 2 is 2.04 bits per heavy atom. The Hall–Kier alpha value is -2.09. The largest absolute Gasteiger partial charge is 0.480 e. The minimum atomic E-state index is -0.993. The van der Waals surface area contributed by atoms with Crippen LogP contribution in [-0.4, -0.2) is 51.4 Å². The van der Waals surface area contributed by atoms with Gasteiger partial charge in [0, 0.05) is 12.2 Å². The number of carbonyl (C=O) groups is 3. The predicted octanol–water partition coefficient (Wildman–Crippen LogP) is 1.96. The normalized spacial score (nSPS) is 18.2. The van der Waals surface area contributed by atoms with Crippen LogP contribution in [0.15, 0.2) is 24.3 Å². The molecule has 6 nitrogen and oxygen atoms in total. The molecule has 0 aromatic heterocycles. The number of carboxylic acids is 1. The number of carbonyl (C=O) groups excluding carboxylic acids is 2. The Balaban J connectivity index is 1.82. The van der Waals surface area contributed by atoms with E-state index in [0.717, 1.165) is 11.8 Å². The summed E-state index contributed by atoms with van der Waals surface area (Å²) in [5, 5.41) is 11.2. The first kappa shape index (κ1) is 18.3. The quantitative estimate of drug-likeness (QED) is 0.815. The molecule has 0 saturated carbocycles. The number of hydrogen-bond donors (Lipinski definition) is 2. The van der Waals surface area contributed by atoms with Crippen molar-refractivity contribution in [3.63, 3.8) is 0 Å². The van der Waals surface area contributed by atoms with Gasteiger partial charge in [0.2, 0.25) is 11.8 Å². The highest BCUT2D eigenvalue weighted by atomic mass is 32.2. The van der Waals surface area contributed by atoms with Gasteiger partial charge in [-0.25, -0.2) is 9.18 Å². The standard InChI is InChI=1S/C16H19FN2O4S/c1-10(15(21)19-8-2-3-13(19)16(22)23)24-9-14(20)18-12-6-4-11(17)5-7-12/h4-7,10,13H,2-3,8-9H2,1H3,(H,18,20)(H,22,23). The lowest BCUT2D eigenvalue weighted by Gasteiger charge is -2.24. The number of anilines is 1. The lowest BCUT2D eigenvalue weighted by molar-refractivity contribution is -0.147. The molecule has 2 atom stereocenters. The van der Waals surface area contributed by atoms with Crippen LogP contribution in [-0.2, 0) is 14.4 Å². The number of likely N-dealkylation sites (tertiary alicyclic amines) is 1. The van der Waals surface area contributed by atoms with Crippen molar-refractivity contribution in [1.82, 2.24) is 4.90 Å². The molecule has 1 heterocycles. The Bertz CT molecular complexity index is 623. The van der Waals surface area contributed by atoms with Crippen LogP contribution in [0.2, 0.25) is 0 Å². The van der Waals surface area contributed by atoms with Gasteiger partial charge in [-0.2, -0.15) is 0 Å². The molecule has 2 unspecified atom stereocenters. The topological polar surface area (TPSA) is 86.7 Å². The monoisotopic (exact) mass is 354 g/mol. The summed E-state index contributed by atoms with van der Waals surface area (Å²) in [6.45, 7) is 2.10. The van der Waals surface area contributed by atoms with Crippen molar-refractivity contribution in [3.05, 3.63) is 30.1 Å². The second-order valence-corrected chi connectivity index (χ2v) is 6.87. The van der Waals surface area contributed by atoms with Gasteiger partial charge in [-0.15, -0.1) is 11.8 Å². The van der Waals surface area contributed by atoms with E-state index in [1.807, 2.05) is 0 Å². The number of aliphatic carboxylic acids is 1. The molecular weight excluding hydrogens is 335 g/mol. The lowest BCUT2D eigenvalue weighted by atomic mass is 10.2. The maximum absolute atomic E-state index is 12.8. The summed E-state index contributed by atoms with van der Waals surface area (Å²) >= 11 is 1.15. The third-order valence-electron chi connectivity index (χ3n) is 3.76. The fourth-order valence-corrected chi connectivity index (χ4v) is 3.27. The first-order chi connectivity index (χ1) is 11.4. The Morgan fingerprint density at radius 3 is 2.67 bits per heavy atom. The molecule has 130 valence electrons. The molecule has 2 rings (SSSR count). The highest BCUT2D eigenvalue weighted by molar-refractivity contribution is 8.01. The summed E-state index contributed by atoms with van der Waals surface area (Å²) in [4.78, 5) is 36.7. The van der Waals surface area contributed by atoms with Crippen molar-refractivity contribution in [2.45, 2.75) is 31.1 Å². The van der Waals surface area contributed by atoms with Crippen molar-refractivity contribution in [2.75, 3.05) is 17.6 Å². The Labute approximate surface area is 143 Å². The molecule has 0 bridgehead atoms. The van der Waals surface area contributed by atoms with Gasteiger partial charge in [-0.1, -0.05) is 0 Å². The number of thioether (sulfide) groups is 1. The zero-order valence-electron chi connectivity index (χ0n) is 13.2. The van der Waals surface area contributed by atoms with Crippen LogP contribution < -0.4 is 5.32 Å². The highest BCUT2D eigenvalue weighted by Gasteiger charge is 2.35. The zero-order valence-corrected chi connectivity index (χ0v) is 14.0. The third-order valence-corrected chi connectivity index (χ3v) is 4.89. The maximum Gasteiger partial charge on any atom is 0.326 e. The molecule has 0 spiro atoms. The van der Waals surface area contributed by atoms with Gasteiger partial charge < -0.3 is 15.3 Å². The number of nitrogens with one attached hydrogen (secondary N) is 1. The summed E-state index contributed by atoms with van der Waals surface area (Å²) < 4.78 is 12.8. The number of nitrogens with zero attached hydrogens (tertiary/aromatic N) is 1. The zero-order chi connectivity index (χ0) is 17.7. The van der Waals surface area contributed by atoms with E-state index < -0.39 is 17.3 Å². The molecular formula is C16H19FN2O4S. The number of carboxylic acid groups (broad SMARTS) is 1. The van der Waals surface area contributed by atoms with Crippen molar-refractivity contribution < 1.29 is 23.9 Å². The Morgan fingerprint density at radius 1 is 1.38 bits per heavy atom. The molecule has 0 aliphatic carbocycles. The summed E-state index contributed by atoms with van der Waals surface area (Å²) in [5.41, 5.74) is 0.478. The SMILES string of the molecule is CC(SCC(=O)Nc1ccc(F)cc1)C(=O)N1CCCC1C(=O)O. The van der Waals surface area contributed by atoms with Crippen LogP contribution in [0.3, 0.4) is 0 Å². The van der Waals surface area contributed by atoms with E-state index in [1.54, 1.807) is 6.92 Å². The second-order valence-electron chi connectivity index (χ2n) is 5.54. The molecule has 8 heteroatoms. The fourth-order valence-electron chi connectivity index (χ4n) is 2.52. The van der Waals surface area contributed by atoms with E-state index in [0.29, 0.717) is 25.1 Å². The van der Waals surface area contributed by atoms with E-state index in [1.165, 1.54) is 29.2 Å². The van der Waals surface area contributed by atoms with Crippen LogP contribution in [0.25, 0.3) is 0 Å². The number of hydrogen-bond acceptors (Lipinski definition) is 4. The molecule has 2 N–H and O–H groups in total. The van der Waals surface area contributed by atoms with E-state index in [2.05, 4.69) is 5.32 Å². The molecule has 1 aliphatic heterocycles. The van der Waals surface area contributed by atoms with E-state index in [9.17, 15) is 18.8 Å². The summed E-state index contributed by atoms with van der Waals surface area (Å²) in [6, 6.07) is 4.62. The van der Waals surface area contributed by atoms with Crippen LogP contribution in [0.5, 0.6) is 0 Å². The van der Waals surface area contributed by atoms with E-state index in [4.69, 9.17) is 5.11 Å². The van der Waals surface area contributed by atoms with Crippen LogP contribution >= 0.6 is 11.8 Å². The van der Waals surface area contributed by atoms with Gasteiger partial charge in [-0.05, 0) is 44.0 Å². The van der Waals surface area contributed by atoms with Gasteiger partial charge in [0.1, 0.15) is 11.9 Å². The molecule has 1 fully saturated rings. The van der Waals surface area contributed by atoms with Crippen molar-refractivity contribution >= 4 is 35.2 Å². The summed E-state index contributed by atoms with van der Waals surface area (Å²) in [7, 11) is 0. The minimum Gasteiger partial charge on any atom is -0.480 e. The number of rotatable bonds is 6. The first-order valence-corrected chi connectivity index (χ1v) is 8.63. The molecule has 1 saturated heterocycles. The molecule has 0 radical (unpaired) electrons. The minimum absolute atomic E-state index is 0.0514. The van der Waals surface area contributed by atoms with Gasteiger partial charge in [0.25, 0.3) is 0 Å². The van der Waals surface area contributed by atoms with E-state index >= 15 is 0 Å². The van der Waals surface area contributed by atoms with E-state index in [-0.39, 0.29) is 23.4 Å². The molecule has 1 aromatic carbocycles. The number of benzene rings is 1. The second kappa shape index (κ2) is 8.14. The van der Waals surface area contributed by atoms with Crippen LogP contribution in [0.1, 0.15) is 19.8 Å². The number of halogens is 1. The average molecular weight is 354 g/mol. The van der Waals surface area contributed by atoms with Gasteiger partial charge in [0.05, 0.1) is 11.0 Å². The molecule has 24 heavy (non-hydrogen) atoms. The first-order valence-electron chi connectivity index (χ1n) is 7.59. The predicted molar refractivity (Wildman–Crippen MR) is 89.3 cm³/mol.